The molecule has 0 saturated carbocycles. The Morgan fingerprint density at radius 3 is 2.72 bits per heavy atom. The average molecular weight is 251 g/mol. The van der Waals surface area contributed by atoms with Gasteiger partial charge in [-0.2, -0.15) is 0 Å². The minimum atomic E-state index is -0.428. The van der Waals surface area contributed by atoms with Crippen molar-refractivity contribution in [3.05, 3.63) is 30.1 Å². The Labute approximate surface area is 104 Å². The molecule has 1 aliphatic heterocycles. The van der Waals surface area contributed by atoms with Crippen molar-refractivity contribution in [2.45, 2.75) is 13.3 Å². The second-order valence-corrected chi connectivity index (χ2v) is 4.13. The Hall–Kier alpha value is -1.91. The van der Waals surface area contributed by atoms with Crippen molar-refractivity contribution in [3.8, 4) is 0 Å². The Morgan fingerprint density at radius 2 is 2.11 bits per heavy atom. The van der Waals surface area contributed by atoms with Crippen LogP contribution >= 0.6 is 0 Å². The number of carbonyl (C=O) groups excluding carboxylic acids is 2. The number of ether oxygens (including phenoxy) is 1. The molecule has 1 atom stereocenters. The molecule has 4 nitrogen and oxygen atoms in total. The zero-order valence-corrected chi connectivity index (χ0v) is 10.1. The van der Waals surface area contributed by atoms with Gasteiger partial charge in [0.2, 0.25) is 5.91 Å². The standard InChI is InChI=1S/C13H14FNO3/c1-2-18-13(17)9-7-12(16)15(8-9)11-5-3-10(14)4-6-11/h3-6,9H,2,7-8H2,1H3/t9-/m0/s1. The largest absolute Gasteiger partial charge is 0.466 e. The number of hydrogen-bond donors (Lipinski definition) is 0. The highest BCUT2D eigenvalue weighted by molar-refractivity contribution is 5.99. The fraction of sp³-hybridized carbons (Fsp3) is 0.385. The number of benzene rings is 1. The lowest BCUT2D eigenvalue weighted by Gasteiger charge is -2.16. The van der Waals surface area contributed by atoms with Crippen LogP contribution in [0.4, 0.5) is 10.1 Å². The molecular formula is C13H14FNO3. The topological polar surface area (TPSA) is 46.6 Å². The average Bonchev–Trinajstić information content (AvgIpc) is 2.73. The number of rotatable bonds is 3. The minimum Gasteiger partial charge on any atom is -0.466 e. The highest BCUT2D eigenvalue weighted by atomic mass is 19.1. The third kappa shape index (κ3) is 2.50. The van der Waals surface area contributed by atoms with Gasteiger partial charge in [-0.3, -0.25) is 9.59 Å². The van der Waals surface area contributed by atoms with Gasteiger partial charge in [0.15, 0.2) is 0 Å². The SMILES string of the molecule is CCOC(=O)[C@H]1CC(=O)N(c2ccc(F)cc2)C1. The van der Waals surface area contributed by atoms with Crippen LogP contribution in [0.5, 0.6) is 0 Å². The van der Waals surface area contributed by atoms with Gasteiger partial charge in [-0.05, 0) is 31.2 Å². The van der Waals surface area contributed by atoms with Crippen molar-refractivity contribution < 1.29 is 18.7 Å². The summed E-state index contributed by atoms with van der Waals surface area (Å²) in [5.74, 6) is -1.27. The van der Waals surface area contributed by atoms with Crippen molar-refractivity contribution in [2.24, 2.45) is 5.92 Å². The quantitative estimate of drug-likeness (QED) is 0.769. The molecule has 18 heavy (non-hydrogen) atoms. The molecule has 1 heterocycles. The van der Waals surface area contributed by atoms with Crippen LogP contribution in [0.15, 0.2) is 24.3 Å². The molecule has 1 saturated heterocycles. The van der Waals surface area contributed by atoms with Gasteiger partial charge in [-0.25, -0.2) is 4.39 Å². The van der Waals surface area contributed by atoms with E-state index in [1.165, 1.54) is 29.2 Å². The van der Waals surface area contributed by atoms with Crippen molar-refractivity contribution in [1.29, 1.82) is 0 Å². The van der Waals surface area contributed by atoms with E-state index in [4.69, 9.17) is 4.74 Å². The zero-order valence-electron chi connectivity index (χ0n) is 10.1. The van der Waals surface area contributed by atoms with E-state index in [1.54, 1.807) is 6.92 Å². The maximum atomic E-state index is 12.8. The molecule has 1 fully saturated rings. The lowest BCUT2D eigenvalue weighted by atomic mass is 10.1. The Balaban J connectivity index is 2.10. The Morgan fingerprint density at radius 1 is 1.44 bits per heavy atom. The van der Waals surface area contributed by atoms with Gasteiger partial charge in [0.05, 0.1) is 12.5 Å². The number of anilines is 1. The first kappa shape index (κ1) is 12.5. The number of nitrogens with zero attached hydrogens (tertiary/aromatic N) is 1. The summed E-state index contributed by atoms with van der Waals surface area (Å²) < 4.78 is 17.7. The van der Waals surface area contributed by atoms with E-state index >= 15 is 0 Å². The predicted octanol–water partition coefficient (Wildman–Crippen LogP) is 1.74. The van der Waals surface area contributed by atoms with Crippen molar-refractivity contribution >= 4 is 17.6 Å². The van der Waals surface area contributed by atoms with Crippen molar-refractivity contribution in [2.75, 3.05) is 18.1 Å². The van der Waals surface area contributed by atoms with E-state index < -0.39 is 5.92 Å². The highest BCUT2D eigenvalue weighted by Gasteiger charge is 2.35. The van der Waals surface area contributed by atoms with Crippen LogP contribution < -0.4 is 4.90 Å². The minimum absolute atomic E-state index is 0.139. The molecule has 5 heteroatoms. The van der Waals surface area contributed by atoms with Gasteiger partial charge in [0.25, 0.3) is 0 Å². The molecule has 0 radical (unpaired) electrons. The molecule has 1 aromatic carbocycles. The molecule has 0 bridgehead atoms. The molecule has 0 spiro atoms. The molecule has 1 aromatic rings. The van der Waals surface area contributed by atoms with E-state index in [1.807, 2.05) is 0 Å². The molecule has 0 aromatic heterocycles. The lowest BCUT2D eigenvalue weighted by Crippen LogP contribution is -2.26. The van der Waals surface area contributed by atoms with Crippen LogP contribution in [0.3, 0.4) is 0 Å². The second-order valence-electron chi connectivity index (χ2n) is 4.13. The van der Waals surface area contributed by atoms with E-state index in [2.05, 4.69) is 0 Å². The zero-order chi connectivity index (χ0) is 13.1. The van der Waals surface area contributed by atoms with E-state index in [-0.39, 0.29) is 24.1 Å². The normalized spacial score (nSPS) is 19.1. The molecule has 1 aliphatic rings. The van der Waals surface area contributed by atoms with Gasteiger partial charge in [0.1, 0.15) is 5.82 Å². The fourth-order valence-electron chi connectivity index (χ4n) is 2.00. The lowest BCUT2D eigenvalue weighted by molar-refractivity contribution is -0.147. The smallest absolute Gasteiger partial charge is 0.311 e. The summed E-state index contributed by atoms with van der Waals surface area (Å²) in [5.41, 5.74) is 0.605. The van der Waals surface area contributed by atoms with Gasteiger partial charge in [0, 0.05) is 18.7 Å². The van der Waals surface area contributed by atoms with Crippen LogP contribution in [0.25, 0.3) is 0 Å². The number of carbonyl (C=O) groups is 2. The summed E-state index contributed by atoms with van der Waals surface area (Å²) in [6.07, 6.45) is 0.149. The third-order valence-electron chi connectivity index (χ3n) is 2.88. The van der Waals surface area contributed by atoms with Gasteiger partial charge in [-0.15, -0.1) is 0 Å². The number of halogens is 1. The molecular weight excluding hydrogens is 237 g/mol. The van der Waals surface area contributed by atoms with E-state index in [0.29, 0.717) is 18.8 Å². The number of hydrogen-bond acceptors (Lipinski definition) is 3. The van der Waals surface area contributed by atoms with Gasteiger partial charge < -0.3 is 9.64 Å². The molecule has 1 amide bonds. The molecule has 0 N–H and O–H groups in total. The first-order valence-electron chi connectivity index (χ1n) is 5.84. The Kier molecular flexibility index (Phi) is 3.60. The molecule has 0 aliphatic carbocycles. The maximum absolute atomic E-state index is 12.8. The van der Waals surface area contributed by atoms with E-state index in [9.17, 15) is 14.0 Å². The van der Waals surface area contributed by atoms with Gasteiger partial charge >= 0.3 is 5.97 Å². The summed E-state index contributed by atoms with van der Waals surface area (Å²) in [5, 5.41) is 0. The van der Waals surface area contributed by atoms with E-state index in [0.717, 1.165) is 0 Å². The highest BCUT2D eigenvalue weighted by Crippen LogP contribution is 2.25. The van der Waals surface area contributed by atoms with Crippen LogP contribution in [-0.4, -0.2) is 25.0 Å². The first-order chi connectivity index (χ1) is 8.61. The number of esters is 1. The summed E-state index contributed by atoms with van der Waals surface area (Å²) in [6, 6.07) is 5.64. The first-order valence-corrected chi connectivity index (χ1v) is 5.84. The monoisotopic (exact) mass is 251 g/mol. The summed E-state index contributed by atoms with van der Waals surface area (Å²) in [6.45, 7) is 2.33. The molecule has 2 rings (SSSR count). The second kappa shape index (κ2) is 5.16. The van der Waals surface area contributed by atoms with Crippen LogP contribution in [0.2, 0.25) is 0 Å². The maximum Gasteiger partial charge on any atom is 0.311 e. The summed E-state index contributed by atoms with van der Waals surface area (Å²) in [7, 11) is 0. The third-order valence-corrected chi connectivity index (χ3v) is 2.88. The van der Waals surface area contributed by atoms with Crippen LogP contribution in [0, 0.1) is 11.7 Å². The fourth-order valence-corrected chi connectivity index (χ4v) is 2.00. The summed E-state index contributed by atoms with van der Waals surface area (Å²) >= 11 is 0. The predicted molar refractivity (Wildman–Crippen MR) is 63.5 cm³/mol. The van der Waals surface area contributed by atoms with Crippen molar-refractivity contribution in [1.82, 2.24) is 0 Å². The molecule has 0 unspecified atom stereocenters. The van der Waals surface area contributed by atoms with Crippen LogP contribution in [-0.2, 0) is 14.3 Å². The van der Waals surface area contributed by atoms with Gasteiger partial charge in [-0.1, -0.05) is 0 Å². The molecule has 96 valence electrons. The number of amides is 1. The summed E-state index contributed by atoms with van der Waals surface area (Å²) in [4.78, 5) is 24.9. The van der Waals surface area contributed by atoms with Crippen molar-refractivity contribution in [3.63, 3.8) is 0 Å². The Bertz CT molecular complexity index is 458. The van der Waals surface area contributed by atoms with Crippen LogP contribution in [0.1, 0.15) is 13.3 Å².